The number of nitrogens with zero attached hydrogens (tertiary/aromatic N) is 2. The van der Waals surface area contributed by atoms with Gasteiger partial charge in [-0.25, -0.2) is 0 Å². The molecular formula is C19H23N3O3S. The summed E-state index contributed by atoms with van der Waals surface area (Å²) in [4.78, 5) is 40.6. The minimum atomic E-state index is -0.113. The van der Waals surface area contributed by atoms with E-state index >= 15 is 0 Å². The molecule has 0 aromatic heterocycles. The maximum Gasteiger partial charge on any atom is 0.245 e. The first-order valence-electron chi connectivity index (χ1n) is 8.76. The zero-order valence-electron chi connectivity index (χ0n) is 14.9. The van der Waals surface area contributed by atoms with Crippen LogP contribution >= 0.6 is 11.8 Å². The average molecular weight is 373 g/mol. The van der Waals surface area contributed by atoms with Crippen molar-refractivity contribution in [2.24, 2.45) is 5.92 Å². The fraction of sp³-hybridized carbons (Fsp3) is 0.421. The number of fused-ring (bicyclic) bond motifs is 1. The summed E-state index contributed by atoms with van der Waals surface area (Å²) in [7, 11) is 0. The smallest absolute Gasteiger partial charge is 0.245 e. The molecule has 0 bridgehead atoms. The van der Waals surface area contributed by atoms with Crippen molar-refractivity contribution < 1.29 is 14.4 Å². The van der Waals surface area contributed by atoms with Crippen molar-refractivity contribution in [3.63, 3.8) is 0 Å². The highest BCUT2D eigenvalue weighted by molar-refractivity contribution is 7.99. The predicted octanol–water partition coefficient (Wildman–Crippen LogP) is 2.51. The van der Waals surface area contributed by atoms with Gasteiger partial charge in [0.25, 0.3) is 0 Å². The third-order valence-corrected chi connectivity index (χ3v) is 5.86. The summed E-state index contributed by atoms with van der Waals surface area (Å²) in [6.45, 7) is 6.88. The minimum absolute atomic E-state index is 0.00860. The topological polar surface area (TPSA) is 69.7 Å². The lowest BCUT2D eigenvalue weighted by Crippen LogP contribution is -2.40. The van der Waals surface area contributed by atoms with Crippen LogP contribution in [0, 0.1) is 5.92 Å². The van der Waals surface area contributed by atoms with E-state index in [9.17, 15) is 14.4 Å². The number of rotatable bonds is 3. The van der Waals surface area contributed by atoms with Crippen LogP contribution in [0.25, 0.3) is 0 Å². The molecule has 6 nitrogen and oxygen atoms in total. The molecular weight excluding hydrogens is 350 g/mol. The van der Waals surface area contributed by atoms with E-state index in [0.29, 0.717) is 38.2 Å². The molecule has 1 aromatic carbocycles. The Labute approximate surface area is 157 Å². The van der Waals surface area contributed by atoms with E-state index in [1.165, 1.54) is 6.08 Å². The minimum Gasteiger partial charge on any atom is -0.339 e. The first kappa shape index (κ1) is 18.5. The quantitative estimate of drug-likeness (QED) is 0.827. The molecule has 1 fully saturated rings. The average Bonchev–Trinajstić information content (AvgIpc) is 2.66. The molecule has 2 heterocycles. The molecule has 3 amide bonds. The molecule has 7 heteroatoms. The molecule has 0 spiro atoms. The summed E-state index contributed by atoms with van der Waals surface area (Å²) < 4.78 is 0. The molecule has 1 aromatic rings. The Morgan fingerprint density at radius 3 is 2.62 bits per heavy atom. The van der Waals surface area contributed by atoms with Crippen LogP contribution in [0.1, 0.15) is 19.8 Å². The maximum absolute atomic E-state index is 12.6. The second-order valence-electron chi connectivity index (χ2n) is 6.49. The van der Waals surface area contributed by atoms with Crippen LogP contribution in [-0.2, 0) is 14.4 Å². The Morgan fingerprint density at radius 2 is 1.96 bits per heavy atom. The van der Waals surface area contributed by atoms with Gasteiger partial charge < -0.3 is 15.1 Å². The highest BCUT2D eigenvalue weighted by Crippen LogP contribution is 2.36. The lowest BCUT2D eigenvalue weighted by Gasteiger charge is -2.31. The van der Waals surface area contributed by atoms with E-state index in [4.69, 9.17) is 0 Å². The van der Waals surface area contributed by atoms with Gasteiger partial charge in [0, 0.05) is 48.8 Å². The van der Waals surface area contributed by atoms with Crippen molar-refractivity contribution in [3.05, 3.63) is 30.9 Å². The molecule has 1 saturated heterocycles. The van der Waals surface area contributed by atoms with Crippen LogP contribution in [0.15, 0.2) is 35.7 Å². The Hall–Kier alpha value is -2.28. The molecule has 138 valence electrons. The zero-order chi connectivity index (χ0) is 18.7. The van der Waals surface area contributed by atoms with Gasteiger partial charge in [-0.15, -0.1) is 11.8 Å². The van der Waals surface area contributed by atoms with Gasteiger partial charge in [0.2, 0.25) is 17.7 Å². The van der Waals surface area contributed by atoms with Gasteiger partial charge in [-0.3, -0.25) is 14.4 Å². The summed E-state index contributed by atoms with van der Waals surface area (Å²) in [5, 5.41) is 2.97. The number of carbonyl (C=O) groups excluding carboxylic acids is 3. The van der Waals surface area contributed by atoms with Gasteiger partial charge >= 0.3 is 0 Å². The van der Waals surface area contributed by atoms with Crippen LogP contribution in [-0.4, -0.2) is 48.0 Å². The van der Waals surface area contributed by atoms with E-state index in [0.717, 1.165) is 16.3 Å². The first-order valence-corrected chi connectivity index (χ1v) is 9.75. The fourth-order valence-corrected chi connectivity index (χ4v) is 4.33. The Balaban J connectivity index is 1.65. The summed E-state index contributed by atoms with van der Waals surface area (Å²) >= 11 is 1.72. The molecule has 0 aliphatic carbocycles. The number of piperidine rings is 1. The predicted molar refractivity (Wildman–Crippen MR) is 103 cm³/mol. The van der Waals surface area contributed by atoms with Crippen LogP contribution in [0.4, 0.5) is 11.4 Å². The van der Waals surface area contributed by atoms with Crippen molar-refractivity contribution in [2.45, 2.75) is 24.7 Å². The normalized spacial score (nSPS) is 17.4. The number of amides is 3. The fourth-order valence-electron chi connectivity index (χ4n) is 3.36. The van der Waals surface area contributed by atoms with E-state index in [1.807, 2.05) is 18.2 Å². The van der Waals surface area contributed by atoms with Crippen LogP contribution in [0.5, 0.6) is 0 Å². The van der Waals surface area contributed by atoms with Crippen molar-refractivity contribution in [3.8, 4) is 0 Å². The van der Waals surface area contributed by atoms with Gasteiger partial charge in [-0.05, 0) is 37.1 Å². The van der Waals surface area contributed by atoms with Crippen molar-refractivity contribution in [2.75, 3.05) is 35.6 Å². The highest BCUT2D eigenvalue weighted by Gasteiger charge is 2.27. The lowest BCUT2D eigenvalue weighted by molar-refractivity contribution is -0.130. The number of thioether (sulfide) groups is 1. The first-order chi connectivity index (χ1) is 12.5. The van der Waals surface area contributed by atoms with Gasteiger partial charge in [-0.2, -0.15) is 0 Å². The standard InChI is InChI=1S/C19H23N3O3S/c1-3-18(24)21-8-6-14(7-9-21)19(25)20-15-4-5-17-16(12-15)22(13(2)23)10-11-26-17/h3-5,12,14H,1,6-11H2,2H3,(H,20,25). The van der Waals surface area contributed by atoms with Gasteiger partial charge in [-0.1, -0.05) is 6.58 Å². The van der Waals surface area contributed by atoms with Crippen molar-refractivity contribution in [1.82, 2.24) is 4.90 Å². The molecule has 26 heavy (non-hydrogen) atoms. The summed E-state index contributed by atoms with van der Waals surface area (Å²) in [6, 6.07) is 5.71. The Morgan fingerprint density at radius 1 is 1.23 bits per heavy atom. The van der Waals surface area contributed by atoms with Gasteiger partial charge in [0.05, 0.1) is 5.69 Å². The summed E-state index contributed by atoms with van der Waals surface area (Å²) in [5.41, 5.74) is 1.56. The monoisotopic (exact) mass is 373 g/mol. The number of likely N-dealkylation sites (tertiary alicyclic amines) is 1. The molecule has 0 unspecified atom stereocenters. The molecule has 0 atom stereocenters. The SMILES string of the molecule is C=CC(=O)N1CCC(C(=O)Nc2ccc3c(c2)N(C(C)=O)CCS3)CC1. The number of carbonyl (C=O) groups is 3. The number of anilines is 2. The molecule has 3 rings (SSSR count). The zero-order valence-corrected chi connectivity index (χ0v) is 15.7. The van der Waals surface area contributed by atoms with E-state index in [1.54, 1.807) is 28.5 Å². The molecule has 0 radical (unpaired) electrons. The Kier molecular flexibility index (Phi) is 5.66. The lowest BCUT2D eigenvalue weighted by atomic mass is 9.95. The third kappa shape index (κ3) is 3.93. The van der Waals surface area contributed by atoms with E-state index < -0.39 is 0 Å². The maximum atomic E-state index is 12.6. The number of benzene rings is 1. The van der Waals surface area contributed by atoms with Gasteiger partial charge in [0.1, 0.15) is 0 Å². The highest BCUT2D eigenvalue weighted by atomic mass is 32.2. The molecule has 2 aliphatic rings. The van der Waals surface area contributed by atoms with Crippen molar-refractivity contribution >= 4 is 40.9 Å². The largest absolute Gasteiger partial charge is 0.339 e. The third-order valence-electron chi connectivity index (χ3n) is 4.82. The number of nitrogens with one attached hydrogen (secondary N) is 1. The summed E-state index contributed by atoms with van der Waals surface area (Å²) in [6.07, 6.45) is 2.60. The van der Waals surface area contributed by atoms with Crippen LogP contribution < -0.4 is 10.2 Å². The number of hydrogen-bond donors (Lipinski definition) is 1. The summed E-state index contributed by atoms with van der Waals surface area (Å²) in [5.74, 6) is 0.654. The van der Waals surface area contributed by atoms with E-state index in [2.05, 4.69) is 11.9 Å². The second-order valence-corrected chi connectivity index (χ2v) is 7.63. The molecule has 2 aliphatic heterocycles. The van der Waals surface area contributed by atoms with Crippen molar-refractivity contribution in [1.29, 1.82) is 0 Å². The van der Waals surface area contributed by atoms with Gasteiger partial charge in [0.15, 0.2) is 0 Å². The van der Waals surface area contributed by atoms with Crippen LogP contribution in [0.2, 0.25) is 0 Å². The van der Waals surface area contributed by atoms with Crippen LogP contribution in [0.3, 0.4) is 0 Å². The number of hydrogen-bond acceptors (Lipinski definition) is 4. The molecule has 1 N–H and O–H groups in total. The molecule has 0 saturated carbocycles. The second kappa shape index (κ2) is 7.95. The Bertz CT molecular complexity index is 742. The van der Waals surface area contributed by atoms with E-state index in [-0.39, 0.29) is 23.6 Å².